The van der Waals surface area contributed by atoms with E-state index in [0.29, 0.717) is 24.6 Å². The van der Waals surface area contributed by atoms with Crippen molar-refractivity contribution in [3.05, 3.63) is 33.2 Å². The van der Waals surface area contributed by atoms with Crippen LogP contribution in [0.2, 0.25) is 0 Å². The smallest absolute Gasteiger partial charge is 0.263 e. The zero-order valence-electron chi connectivity index (χ0n) is 16.0. The lowest BCUT2D eigenvalue weighted by Crippen LogP contribution is -2.42. The Morgan fingerprint density at radius 2 is 1.77 bits per heavy atom. The number of carbonyl (C=O) groups is 2. The average Bonchev–Trinajstić information content (AvgIpc) is 2.79. The minimum atomic E-state index is -0.372. The van der Waals surface area contributed by atoms with Gasteiger partial charge in [-0.15, -0.1) is 0 Å². The second-order valence-electron chi connectivity index (χ2n) is 7.77. The van der Waals surface area contributed by atoms with Crippen LogP contribution in [0, 0.1) is 13.8 Å². The Bertz CT molecular complexity index is 760. The lowest BCUT2D eigenvalue weighted by atomic mass is 10.1. The SMILES string of the molecule is Cc1cc(C)n(C)c(=O)c1C(=O)NC1CC(=O)N(C2CCCCCC2)C1. The van der Waals surface area contributed by atoms with Crippen molar-refractivity contribution in [2.75, 3.05) is 6.54 Å². The number of carbonyl (C=O) groups excluding carboxylic acids is 2. The molecule has 1 unspecified atom stereocenters. The summed E-state index contributed by atoms with van der Waals surface area (Å²) >= 11 is 0. The van der Waals surface area contributed by atoms with E-state index in [1.54, 1.807) is 14.0 Å². The van der Waals surface area contributed by atoms with Gasteiger partial charge in [-0.25, -0.2) is 0 Å². The number of rotatable bonds is 3. The Balaban J connectivity index is 1.70. The molecule has 3 rings (SSSR count). The van der Waals surface area contributed by atoms with Crippen LogP contribution in [0.3, 0.4) is 0 Å². The number of amides is 2. The molecule has 1 N–H and O–H groups in total. The summed E-state index contributed by atoms with van der Waals surface area (Å²) in [5.41, 5.74) is 1.39. The van der Waals surface area contributed by atoms with Crippen LogP contribution >= 0.6 is 0 Å². The predicted molar refractivity (Wildman–Crippen MR) is 100 cm³/mol. The highest BCUT2D eigenvalue weighted by Crippen LogP contribution is 2.26. The number of aryl methyl sites for hydroxylation is 2. The Labute approximate surface area is 154 Å². The van der Waals surface area contributed by atoms with E-state index in [0.717, 1.165) is 18.5 Å². The van der Waals surface area contributed by atoms with Gasteiger partial charge < -0.3 is 14.8 Å². The molecule has 0 aromatic carbocycles. The van der Waals surface area contributed by atoms with Crippen molar-refractivity contribution in [2.45, 2.75) is 70.9 Å². The van der Waals surface area contributed by atoms with Gasteiger partial charge >= 0.3 is 0 Å². The van der Waals surface area contributed by atoms with Crippen molar-refractivity contribution in [2.24, 2.45) is 7.05 Å². The number of aromatic nitrogens is 1. The van der Waals surface area contributed by atoms with Crippen LogP contribution in [0.1, 0.15) is 66.6 Å². The van der Waals surface area contributed by atoms with Gasteiger partial charge in [0.2, 0.25) is 5.91 Å². The standard InChI is InChI=1S/C20H29N3O3/c1-13-10-14(2)22(3)20(26)18(13)19(25)21-15-11-17(24)23(12-15)16-8-6-4-5-7-9-16/h10,15-16H,4-9,11-12H2,1-3H3,(H,21,25). The third-order valence-electron chi connectivity index (χ3n) is 5.85. The number of nitrogens with one attached hydrogen (secondary N) is 1. The molecule has 0 radical (unpaired) electrons. The molecule has 1 aliphatic carbocycles. The molecule has 1 saturated carbocycles. The highest BCUT2D eigenvalue weighted by atomic mass is 16.2. The van der Waals surface area contributed by atoms with Gasteiger partial charge in [0, 0.05) is 31.7 Å². The molecular weight excluding hydrogens is 330 g/mol. The quantitative estimate of drug-likeness (QED) is 0.840. The van der Waals surface area contributed by atoms with Gasteiger partial charge in [0.1, 0.15) is 5.56 Å². The van der Waals surface area contributed by atoms with Gasteiger partial charge in [0.15, 0.2) is 0 Å². The molecule has 2 amide bonds. The van der Waals surface area contributed by atoms with E-state index < -0.39 is 0 Å². The Morgan fingerprint density at radius 1 is 1.12 bits per heavy atom. The molecule has 1 aromatic rings. The fourth-order valence-electron chi connectivity index (χ4n) is 4.26. The molecule has 1 aliphatic heterocycles. The number of likely N-dealkylation sites (tertiary alicyclic amines) is 1. The minimum Gasteiger partial charge on any atom is -0.347 e. The maximum absolute atomic E-state index is 12.7. The summed E-state index contributed by atoms with van der Waals surface area (Å²) < 4.78 is 1.49. The van der Waals surface area contributed by atoms with Gasteiger partial charge in [-0.3, -0.25) is 14.4 Å². The maximum Gasteiger partial charge on any atom is 0.263 e. The summed E-state index contributed by atoms with van der Waals surface area (Å²) in [5.74, 6) is -0.251. The second-order valence-corrected chi connectivity index (χ2v) is 7.77. The molecule has 1 saturated heterocycles. The molecular formula is C20H29N3O3. The van der Waals surface area contributed by atoms with E-state index in [4.69, 9.17) is 0 Å². The second kappa shape index (κ2) is 7.64. The zero-order chi connectivity index (χ0) is 18.8. The van der Waals surface area contributed by atoms with Crippen LogP contribution in [-0.2, 0) is 11.8 Å². The Morgan fingerprint density at radius 3 is 2.42 bits per heavy atom. The lowest BCUT2D eigenvalue weighted by molar-refractivity contribution is -0.129. The monoisotopic (exact) mass is 359 g/mol. The van der Waals surface area contributed by atoms with Crippen LogP contribution in [0.5, 0.6) is 0 Å². The third-order valence-corrected chi connectivity index (χ3v) is 5.85. The molecule has 6 heteroatoms. The molecule has 2 fully saturated rings. The summed E-state index contributed by atoms with van der Waals surface area (Å²) in [6, 6.07) is 1.93. The summed E-state index contributed by atoms with van der Waals surface area (Å²) in [6.45, 7) is 4.18. The minimum absolute atomic E-state index is 0.121. The van der Waals surface area contributed by atoms with Gasteiger partial charge in [0.25, 0.3) is 11.5 Å². The molecule has 2 aliphatic rings. The Hall–Kier alpha value is -2.11. The largest absolute Gasteiger partial charge is 0.347 e. The first-order valence-electron chi connectivity index (χ1n) is 9.66. The van der Waals surface area contributed by atoms with Crippen molar-refractivity contribution in [1.29, 1.82) is 0 Å². The van der Waals surface area contributed by atoms with Gasteiger partial charge in [0.05, 0.1) is 6.04 Å². The zero-order valence-corrected chi connectivity index (χ0v) is 16.0. The molecule has 1 atom stereocenters. The number of pyridine rings is 1. The average molecular weight is 359 g/mol. The van der Waals surface area contributed by atoms with Crippen molar-refractivity contribution in [1.82, 2.24) is 14.8 Å². The number of hydrogen-bond acceptors (Lipinski definition) is 3. The van der Waals surface area contributed by atoms with E-state index in [9.17, 15) is 14.4 Å². The Kier molecular flexibility index (Phi) is 5.49. The van der Waals surface area contributed by atoms with E-state index in [2.05, 4.69) is 5.32 Å². The summed E-state index contributed by atoms with van der Waals surface area (Å²) in [6.07, 6.45) is 7.28. The fraction of sp³-hybridized carbons (Fsp3) is 0.650. The molecule has 142 valence electrons. The highest BCUT2D eigenvalue weighted by Gasteiger charge is 2.35. The van der Waals surface area contributed by atoms with Crippen molar-refractivity contribution in [3.8, 4) is 0 Å². The first kappa shape index (κ1) is 18.7. The van der Waals surface area contributed by atoms with E-state index in [1.807, 2.05) is 17.9 Å². The topological polar surface area (TPSA) is 71.4 Å². The van der Waals surface area contributed by atoms with Crippen LogP contribution in [0.15, 0.2) is 10.9 Å². The maximum atomic E-state index is 12.7. The van der Waals surface area contributed by atoms with Crippen molar-refractivity contribution in [3.63, 3.8) is 0 Å². The highest BCUT2D eigenvalue weighted by molar-refractivity contribution is 5.96. The van der Waals surface area contributed by atoms with Crippen molar-refractivity contribution < 1.29 is 9.59 Å². The van der Waals surface area contributed by atoms with E-state index >= 15 is 0 Å². The van der Waals surface area contributed by atoms with Gasteiger partial charge in [-0.2, -0.15) is 0 Å². The van der Waals surface area contributed by atoms with Crippen LogP contribution in [0.4, 0.5) is 0 Å². The van der Waals surface area contributed by atoms with E-state index in [-0.39, 0.29) is 29.0 Å². The molecule has 26 heavy (non-hydrogen) atoms. The van der Waals surface area contributed by atoms with Gasteiger partial charge in [-0.05, 0) is 38.3 Å². The number of hydrogen-bond donors (Lipinski definition) is 1. The van der Waals surface area contributed by atoms with E-state index in [1.165, 1.54) is 30.3 Å². The predicted octanol–water partition coefficient (Wildman–Crippen LogP) is 2.06. The van der Waals surface area contributed by atoms with Crippen LogP contribution < -0.4 is 10.9 Å². The van der Waals surface area contributed by atoms with Crippen LogP contribution in [0.25, 0.3) is 0 Å². The molecule has 0 spiro atoms. The van der Waals surface area contributed by atoms with Crippen LogP contribution in [-0.4, -0.2) is 39.9 Å². The molecule has 2 heterocycles. The fourth-order valence-corrected chi connectivity index (χ4v) is 4.26. The van der Waals surface area contributed by atoms with Gasteiger partial charge in [-0.1, -0.05) is 25.7 Å². The third kappa shape index (κ3) is 3.69. The number of nitrogens with zero attached hydrogens (tertiary/aromatic N) is 2. The molecule has 1 aromatic heterocycles. The summed E-state index contributed by atoms with van der Waals surface area (Å²) in [4.78, 5) is 39.6. The summed E-state index contributed by atoms with van der Waals surface area (Å²) in [5, 5.41) is 2.92. The first-order chi connectivity index (χ1) is 12.4. The molecule has 6 nitrogen and oxygen atoms in total. The lowest BCUT2D eigenvalue weighted by Gasteiger charge is -2.27. The summed E-state index contributed by atoms with van der Waals surface area (Å²) in [7, 11) is 1.67. The molecule has 0 bridgehead atoms. The normalized spacial score (nSPS) is 21.7. The van der Waals surface area contributed by atoms with Crippen molar-refractivity contribution >= 4 is 11.8 Å². The first-order valence-corrected chi connectivity index (χ1v) is 9.66.